The molecule has 2 atom stereocenters. The molecule has 0 aromatic heterocycles. The van der Waals surface area contributed by atoms with Crippen molar-refractivity contribution >= 4 is 11.3 Å². The Labute approximate surface area is 114 Å². The van der Waals surface area contributed by atoms with E-state index in [0.717, 1.165) is 6.42 Å². The first-order valence-electron chi connectivity index (χ1n) is 6.99. The van der Waals surface area contributed by atoms with Gasteiger partial charge in [0.2, 0.25) is 0 Å². The van der Waals surface area contributed by atoms with Crippen molar-refractivity contribution in [1.82, 2.24) is 0 Å². The van der Waals surface area contributed by atoms with Crippen LogP contribution < -0.4 is 5.32 Å². The summed E-state index contributed by atoms with van der Waals surface area (Å²) in [6.45, 7) is 2.29. The van der Waals surface area contributed by atoms with Crippen molar-refractivity contribution < 1.29 is 0 Å². The third kappa shape index (κ3) is 1.30. The van der Waals surface area contributed by atoms with Crippen LogP contribution in [0.2, 0.25) is 0 Å². The highest BCUT2D eigenvalue weighted by Crippen LogP contribution is 2.56. The summed E-state index contributed by atoms with van der Waals surface area (Å²) in [6, 6.07) is 19.9. The SMILES string of the molecule is CCC12C=C(c3ccccc3)C1Nc1ccccc12. The van der Waals surface area contributed by atoms with E-state index in [1.807, 2.05) is 0 Å². The molecule has 1 nitrogen and oxygen atoms in total. The first-order chi connectivity index (χ1) is 9.35. The summed E-state index contributed by atoms with van der Waals surface area (Å²) < 4.78 is 0. The minimum atomic E-state index is 0.210. The smallest absolute Gasteiger partial charge is 0.0649 e. The minimum Gasteiger partial charge on any atom is -0.377 e. The van der Waals surface area contributed by atoms with Gasteiger partial charge >= 0.3 is 0 Å². The van der Waals surface area contributed by atoms with Crippen LogP contribution in [-0.4, -0.2) is 6.04 Å². The zero-order valence-corrected chi connectivity index (χ0v) is 11.1. The Kier molecular flexibility index (Phi) is 2.14. The van der Waals surface area contributed by atoms with E-state index < -0.39 is 0 Å². The summed E-state index contributed by atoms with van der Waals surface area (Å²) in [6.07, 6.45) is 3.61. The topological polar surface area (TPSA) is 12.0 Å². The zero-order chi connectivity index (χ0) is 12.9. The van der Waals surface area contributed by atoms with Crippen molar-refractivity contribution in [2.24, 2.45) is 0 Å². The Morgan fingerprint density at radius 3 is 2.53 bits per heavy atom. The second-order valence-corrected chi connectivity index (χ2v) is 5.48. The van der Waals surface area contributed by atoms with Crippen molar-refractivity contribution in [1.29, 1.82) is 0 Å². The lowest BCUT2D eigenvalue weighted by Crippen LogP contribution is -2.45. The van der Waals surface area contributed by atoms with Crippen LogP contribution in [0.3, 0.4) is 0 Å². The van der Waals surface area contributed by atoms with Crippen LogP contribution in [-0.2, 0) is 5.41 Å². The molecule has 0 amide bonds. The lowest BCUT2D eigenvalue weighted by molar-refractivity contribution is 0.479. The van der Waals surface area contributed by atoms with Crippen molar-refractivity contribution in [3.63, 3.8) is 0 Å². The van der Waals surface area contributed by atoms with Crippen molar-refractivity contribution in [3.05, 3.63) is 71.8 Å². The predicted molar refractivity (Wildman–Crippen MR) is 80.2 cm³/mol. The average Bonchev–Trinajstić information content (AvgIpc) is 2.70. The molecule has 0 radical (unpaired) electrons. The highest BCUT2D eigenvalue weighted by atomic mass is 15.0. The first-order valence-corrected chi connectivity index (χ1v) is 6.99. The quantitative estimate of drug-likeness (QED) is 0.837. The fourth-order valence-corrected chi connectivity index (χ4v) is 3.61. The maximum absolute atomic E-state index is 3.71. The van der Waals surface area contributed by atoms with Crippen LogP contribution in [0.5, 0.6) is 0 Å². The molecule has 0 saturated carbocycles. The van der Waals surface area contributed by atoms with Crippen LogP contribution in [0.4, 0.5) is 5.69 Å². The van der Waals surface area contributed by atoms with Crippen molar-refractivity contribution in [2.45, 2.75) is 24.8 Å². The highest BCUT2D eigenvalue weighted by Gasteiger charge is 2.52. The lowest BCUT2D eigenvalue weighted by atomic mass is 9.62. The molecular weight excluding hydrogens is 230 g/mol. The molecule has 94 valence electrons. The maximum atomic E-state index is 3.71. The lowest BCUT2D eigenvalue weighted by Gasteiger charge is -2.43. The third-order valence-corrected chi connectivity index (χ3v) is 4.66. The van der Waals surface area contributed by atoms with Gasteiger partial charge in [-0.05, 0) is 29.2 Å². The van der Waals surface area contributed by atoms with Crippen LogP contribution in [0, 0.1) is 0 Å². The molecule has 0 saturated heterocycles. The van der Waals surface area contributed by atoms with E-state index in [0.29, 0.717) is 6.04 Å². The van der Waals surface area contributed by atoms with E-state index in [2.05, 4.69) is 72.9 Å². The van der Waals surface area contributed by atoms with Gasteiger partial charge in [0.1, 0.15) is 0 Å². The summed E-state index contributed by atoms with van der Waals surface area (Å²) in [4.78, 5) is 0. The first kappa shape index (κ1) is 10.9. The summed E-state index contributed by atoms with van der Waals surface area (Å²) in [5.41, 5.74) is 5.76. The van der Waals surface area contributed by atoms with Crippen molar-refractivity contribution in [3.8, 4) is 0 Å². The molecule has 4 rings (SSSR count). The summed E-state index contributed by atoms with van der Waals surface area (Å²) in [5, 5.41) is 3.71. The van der Waals surface area contributed by atoms with E-state index in [1.54, 1.807) is 0 Å². The molecule has 2 aliphatic rings. The number of benzene rings is 2. The second-order valence-electron chi connectivity index (χ2n) is 5.48. The van der Waals surface area contributed by atoms with Gasteiger partial charge in [0, 0.05) is 11.1 Å². The van der Waals surface area contributed by atoms with Gasteiger partial charge < -0.3 is 5.32 Å². The van der Waals surface area contributed by atoms with E-state index in [-0.39, 0.29) is 5.41 Å². The molecule has 2 unspecified atom stereocenters. The van der Waals surface area contributed by atoms with Gasteiger partial charge in [-0.25, -0.2) is 0 Å². The number of fused-ring (bicyclic) bond motifs is 3. The molecule has 1 heteroatoms. The fourth-order valence-electron chi connectivity index (χ4n) is 3.61. The number of hydrogen-bond donors (Lipinski definition) is 1. The van der Waals surface area contributed by atoms with Gasteiger partial charge in [-0.3, -0.25) is 0 Å². The van der Waals surface area contributed by atoms with E-state index in [1.165, 1.54) is 22.4 Å². The van der Waals surface area contributed by atoms with Gasteiger partial charge in [-0.1, -0.05) is 61.5 Å². The molecule has 2 aromatic rings. The molecule has 1 aliphatic heterocycles. The number of rotatable bonds is 2. The molecular formula is C18H17N. The molecule has 1 aliphatic carbocycles. The normalized spacial score (nSPS) is 26.8. The molecule has 1 heterocycles. The van der Waals surface area contributed by atoms with Crippen LogP contribution in [0.1, 0.15) is 24.5 Å². The summed E-state index contributed by atoms with van der Waals surface area (Å²) in [5.74, 6) is 0. The van der Waals surface area contributed by atoms with Crippen LogP contribution >= 0.6 is 0 Å². The predicted octanol–water partition coefficient (Wildman–Crippen LogP) is 4.23. The average molecular weight is 247 g/mol. The molecule has 1 N–H and O–H groups in total. The largest absolute Gasteiger partial charge is 0.377 e. The molecule has 0 fully saturated rings. The van der Waals surface area contributed by atoms with E-state index in [4.69, 9.17) is 0 Å². The molecule has 19 heavy (non-hydrogen) atoms. The van der Waals surface area contributed by atoms with Gasteiger partial charge in [-0.2, -0.15) is 0 Å². The number of nitrogens with one attached hydrogen (secondary N) is 1. The summed E-state index contributed by atoms with van der Waals surface area (Å²) >= 11 is 0. The Morgan fingerprint density at radius 2 is 1.74 bits per heavy atom. The van der Waals surface area contributed by atoms with E-state index >= 15 is 0 Å². The number of anilines is 1. The van der Waals surface area contributed by atoms with Gasteiger partial charge in [0.25, 0.3) is 0 Å². The molecule has 0 bridgehead atoms. The molecule has 2 aromatic carbocycles. The second kappa shape index (κ2) is 3.74. The minimum absolute atomic E-state index is 0.210. The zero-order valence-electron chi connectivity index (χ0n) is 11.1. The monoisotopic (exact) mass is 247 g/mol. The maximum Gasteiger partial charge on any atom is 0.0649 e. The Balaban J connectivity index is 1.82. The highest BCUT2D eigenvalue weighted by molar-refractivity contribution is 5.88. The van der Waals surface area contributed by atoms with Crippen molar-refractivity contribution in [2.75, 3.05) is 5.32 Å². The summed E-state index contributed by atoms with van der Waals surface area (Å²) in [7, 11) is 0. The number of hydrogen-bond acceptors (Lipinski definition) is 1. The van der Waals surface area contributed by atoms with Gasteiger partial charge in [0.15, 0.2) is 0 Å². The van der Waals surface area contributed by atoms with E-state index in [9.17, 15) is 0 Å². The van der Waals surface area contributed by atoms with Gasteiger partial charge in [0.05, 0.1) is 6.04 Å². The Morgan fingerprint density at radius 1 is 1.00 bits per heavy atom. The van der Waals surface area contributed by atoms with Crippen LogP contribution in [0.25, 0.3) is 5.57 Å². The van der Waals surface area contributed by atoms with Crippen LogP contribution in [0.15, 0.2) is 60.7 Å². The number of para-hydroxylation sites is 1. The fraction of sp³-hybridized carbons (Fsp3) is 0.222. The Bertz CT molecular complexity index is 656. The third-order valence-electron chi connectivity index (χ3n) is 4.66. The molecule has 0 spiro atoms. The van der Waals surface area contributed by atoms with Gasteiger partial charge in [-0.15, -0.1) is 0 Å². The Hall–Kier alpha value is -2.02. The standard InChI is InChI=1S/C18H17N/c1-2-18-12-14(13-8-4-3-5-9-13)17(18)19-16-11-7-6-10-15(16)18/h3-12,17,19H,2H2,1H3.